The van der Waals surface area contributed by atoms with Gasteiger partial charge in [-0.3, -0.25) is 4.79 Å². The molecule has 102 valence electrons. The van der Waals surface area contributed by atoms with Crippen molar-refractivity contribution >= 4 is 11.9 Å². The SMILES string of the molecule is C=C(C)CCC(NC(=O)c1ccc(C)cc1)C(=O)O. The lowest BCUT2D eigenvalue weighted by Crippen LogP contribution is -2.40. The normalized spacial score (nSPS) is 11.7. The second kappa shape index (κ2) is 6.73. The first-order chi connectivity index (χ1) is 8.90. The van der Waals surface area contributed by atoms with E-state index in [4.69, 9.17) is 5.11 Å². The van der Waals surface area contributed by atoms with Crippen LogP contribution in [0.15, 0.2) is 36.4 Å². The zero-order valence-electron chi connectivity index (χ0n) is 11.3. The number of aliphatic carboxylic acids is 1. The molecule has 1 atom stereocenters. The standard InChI is InChI=1S/C15H19NO3/c1-10(2)4-9-13(15(18)19)16-14(17)12-7-5-11(3)6-8-12/h5-8,13H,1,4,9H2,2-3H3,(H,16,17)(H,18,19). The minimum absolute atomic E-state index is 0.349. The first kappa shape index (κ1) is 15.0. The highest BCUT2D eigenvalue weighted by Crippen LogP contribution is 2.07. The van der Waals surface area contributed by atoms with Crippen molar-refractivity contribution in [2.24, 2.45) is 0 Å². The molecule has 0 fully saturated rings. The highest BCUT2D eigenvalue weighted by atomic mass is 16.4. The van der Waals surface area contributed by atoms with Gasteiger partial charge in [0.2, 0.25) is 0 Å². The molecule has 1 unspecified atom stereocenters. The van der Waals surface area contributed by atoms with Gasteiger partial charge in [-0.2, -0.15) is 0 Å². The molecule has 4 heteroatoms. The van der Waals surface area contributed by atoms with Gasteiger partial charge in [-0.1, -0.05) is 23.3 Å². The first-order valence-electron chi connectivity index (χ1n) is 6.15. The molecular formula is C15H19NO3. The van der Waals surface area contributed by atoms with Crippen molar-refractivity contribution in [3.8, 4) is 0 Å². The summed E-state index contributed by atoms with van der Waals surface area (Å²) in [4.78, 5) is 23.0. The summed E-state index contributed by atoms with van der Waals surface area (Å²) in [5.41, 5.74) is 2.41. The smallest absolute Gasteiger partial charge is 0.326 e. The third kappa shape index (κ3) is 4.95. The van der Waals surface area contributed by atoms with Gasteiger partial charge in [-0.15, -0.1) is 6.58 Å². The zero-order valence-corrected chi connectivity index (χ0v) is 11.3. The molecule has 0 bridgehead atoms. The number of carboxylic acid groups (broad SMARTS) is 1. The summed E-state index contributed by atoms with van der Waals surface area (Å²) in [5.74, 6) is -1.39. The molecule has 0 aliphatic rings. The fourth-order valence-corrected chi connectivity index (χ4v) is 1.59. The van der Waals surface area contributed by atoms with Crippen LogP contribution in [0, 0.1) is 6.92 Å². The van der Waals surface area contributed by atoms with Crippen LogP contribution in [0.25, 0.3) is 0 Å². The lowest BCUT2D eigenvalue weighted by atomic mass is 10.1. The summed E-state index contributed by atoms with van der Waals surface area (Å²) in [6.45, 7) is 7.49. The van der Waals surface area contributed by atoms with Gasteiger partial charge in [0.15, 0.2) is 0 Å². The second-order valence-corrected chi connectivity index (χ2v) is 4.73. The van der Waals surface area contributed by atoms with E-state index in [-0.39, 0.29) is 5.91 Å². The summed E-state index contributed by atoms with van der Waals surface area (Å²) in [6, 6.07) is 6.12. The molecular weight excluding hydrogens is 242 g/mol. The number of carbonyl (C=O) groups excluding carboxylic acids is 1. The number of rotatable bonds is 6. The predicted molar refractivity (Wildman–Crippen MR) is 74.1 cm³/mol. The topological polar surface area (TPSA) is 66.4 Å². The average Bonchev–Trinajstić information content (AvgIpc) is 2.34. The Morgan fingerprint density at radius 1 is 1.32 bits per heavy atom. The second-order valence-electron chi connectivity index (χ2n) is 4.73. The number of amides is 1. The predicted octanol–water partition coefficient (Wildman–Crippen LogP) is 2.53. The van der Waals surface area contributed by atoms with Crippen molar-refractivity contribution in [2.45, 2.75) is 32.7 Å². The number of carbonyl (C=O) groups is 2. The van der Waals surface area contributed by atoms with Crippen LogP contribution in [-0.4, -0.2) is 23.0 Å². The molecule has 1 aromatic carbocycles. The minimum atomic E-state index is -1.03. The Morgan fingerprint density at radius 2 is 1.89 bits per heavy atom. The fourth-order valence-electron chi connectivity index (χ4n) is 1.59. The van der Waals surface area contributed by atoms with E-state index in [1.807, 2.05) is 26.0 Å². The Balaban J connectivity index is 2.68. The molecule has 0 radical (unpaired) electrons. The Bertz CT molecular complexity index is 477. The summed E-state index contributed by atoms with van der Waals surface area (Å²) >= 11 is 0. The van der Waals surface area contributed by atoms with E-state index in [0.29, 0.717) is 18.4 Å². The Morgan fingerprint density at radius 3 is 2.37 bits per heavy atom. The van der Waals surface area contributed by atoms with Gasteiger partial charge in [-0.05, 0) is 38.8 Å². The molecule has 4 nitrogen and oxygen atoms in total. The van der Waals surface area contributed by atoms with Crippen LogP contribution in [-0.2, 0) is 4.79 Å². The number of allylic oxidation sites excluding steroid dienone is 1. The van der Waals surface area contributed by atoms with Gasteiger partial charge >= 0.3 is 5.97 Å². The maximum absolute atomic E-state index is 11.9. The van der Waals surface area contributed by atoms with E-state index in [0.717, 1.165) is 11.1 Å². The van der Waals surface area contributed by atoms with Crippen molar-refractivity contribution in [3.63, 3.8) is 0 Å². The van der Waals surface area contributed by atoms with Crippen molar-refractivity contribution in [2.75, 3.05) is 0 Å². The van der Waals surface area contributed by atoms with Crippen LogP contribution < -0.4 is 5.32 Å². The minimum Gasteiger partial charge on any atom is -0.480 e. The van der Waals surface area contributed by atoms with E-state index in [9.17, 15) is 9.59 Å². The van der Waals surface area contributed by atoms with Gasteiger partial charge < -0.3 is 10.4 Å². The number of carboxylic acids is 1. The highest BCUT2D eigenvalue weighted by molar-refractivity contribution is 5.96. The van der Waals surface area contributed by atoms with Gasteiger partial charge in [0.05, 0.1) is 0 Å². The van der Waals surface area contributed by atoms with Gasteiger partial charge in [0.1, 0.15) is 6.04 Å². The fraction of sp³-hybridized carbons (Fsp3) is 0.333. The monoisotopic (exact) mass is 261 g/mol. The van der Waals surface area contributed by atoms with E-state index in [1.165, 1.54) is 0 Å². The lowest BCUT2D eigenvalue weighted by molar-refractivity contribution is -0.139. The van der Waals surface area contributed by atoms with Crippen LogP contribution in [0.4, 0.5) is 0 Å². The average molecular weight is 261 g/mol. The molecule has 0 aliphatic carbocycles. The Labute approximate surface area is 113 Å². The number of hydrogen-bond donors (Lipinski definition) is 2. The molecule has 19 heavy (non-hydrogen) atoms. The molecule has 0 saturated carbocycles. The summed E-state index contributed by atoms with van der Waals surface area (Å²) in [7, 11) is 0. The van der Waals surface area contributed by atoms with E-state index < -0.39 is 12.0 Å². The molecule has 0 aliphatic heterocycles. The maximum atomic E-state index is 11.9. The van der Waals surface area contributed by atoms with E-state index in [2.05, 4.69) is 11.9 Å². The Hall–Kier alpha value is -2.10. The van der Waals surface area contributed by atoms with Crippen molar-refractivity contribution in [3.05, 3.63) is 47.5 Å². The van der Waals surface area contributed by atoms with Gasteiger partial charge in [-0.25, -0.2) is 4.79 Å². The molecule has 0 heterocycles. The van der Waals surface area contributed by atoms with Crippen molar-refractivity contribution in [1.82, 2.24) is 5.32 Å². The van der Waals surface area contributed by atoms with Gasteiger partial charge in [0, 0.05) is 5.56 Å². The van der Waals surface area contributed by atoms with Gasteiger partial charge in [0.25, 0.3) is 5.91 Å². The quantitative estimate of drug-likeness (QED) is 0.773. The summed E-state index contributed by atoms with van der Waals surface area (Å²) < 4.78 is 0. The Kier molecular flexibility index (Phi) is 5.30. The molecule has 2 N–H and O–H groups in total. The van der Waals surface area contributed by atoms with Crippen molar-refractivity contribution < 1.29 is 14.7 Å². The first-order valence-corrected chi connectivity index (χ1v) is 6.15. The van der Waals surface area contributed by atoms with E-state index >= 15 is 0 Å². The zero-order chi connectivity index (χ0) is 14.4. The summed E-state index contributed by atoms with van der Waals surface area (Å²) in [6.07, 6.45) is 0.924. The third-order valence-corrected chi connectivity index (χ3v) is 2.78. The molecule has 0 saturated heterocycles. The number of aryl methyl sites for hydroxylation is 1. The van der Waals surface area contributed by atoms with Crippen LogP contribution in [0.1, 0.15) is 35.7 Å². The molecule has 1 rings (SSSR count). The maximum Gasteiger partial charge on any atom is 0.326 e. The van der Waals surface area contributed by atoms with Crippen LogP contribution in [0.5, 0.6) is 0 Å². The third-order valence-electron chi connectivity index (χ3n) is 2.78. The van der Waals surface area contributed by atoms with Crippen LogP contribution in [0.2, 0.25) is 0 Å². The van der Waals surface area contributed by atoms with Crippen LogP contribution in [0.3, 0.4) is 0 Å². The van der Waals surface area contributed by atoms with Crippen molar-refractivity contribution in [1.29, 1.82) is 0 Å². The number of hydrogen-bond acceptors (Lipinski definition) is 2. The van der Waals surface area contributed by atoms with Crippen LogP contribution >= 0.6 is 0 Å². The number of nitrogens with one attached hydrogen (secondary N) is 1. The molecule has 1 aromatic rings. The molecule has 1 amide bonds. The molecule has 0 aromatic heterocycles. The van der Waals surface area contributed by atoms with E-state index in [1.54, 1.807) is 12.1 Å². The molecule has 0 spiro atoms. The largest absolute Gasteiger partial charge is 0.480 e. The lowest BCUT2D eigenvalue weighted by Gasteiger charge is -2.14. The number of benzene rings is 1. The summed E-state index contributed by atoms with van der Waals surface area (Å²) in [5, 5.41) is 11.6. The highest BCUT2D eigenvalue weighted by Gasteiger charge is 2.20.